The van der Waals surface area contributed by atoms with Gasteiger partial charge in [0.25, 0.3) is 0 Å². The average molecular weight is 343 g/mol. The second kappa shape index (κ2) is 7.00. The zero-order chi connectivity index (χ0) is 18.1. The van der Waals surface area contributed by atoms with Gasteiger partial charge >= 0.3 is 5.63 Å². The topological polar surface area (TPSA) is 55.0 Å². The fraction of sp³-hybridized carbons (Fsp3) is 0.500. The number of nitrogens with one attached hydrogen (secondary N) is 1. The third-order valence-corrected chi connectivity index (χ3v) is 5.20. The van der Waals surface area contributed by atoms with Gasteiger partial charge in [-0.1, -0.05) is 13.8 Å². The number of nitrogens with zero attached hydrogens (tertiary/aromatic N) is 1. The number of carbonyl (C=O) groups is 1. The van der Waals surface area contributed by atoms with Crippen LogP contribution in [0, 0.1) is 6.92 Å². The Balaban J connectivity index is 1.92. The molecule has 134 valence electrons. The van der Waals surface area contributed by atoms with Crippen LogP contribution in [0.25, 0.3) is 11.0 Å². The molecule has 2 heterocycles. The number of hydrogen-bond donors (Lipinski definition) is 1. The quantitative estimate of drug-likeness (QED) is 0.859. The van der Waals surface area contributed by atoms with Crippen LogP contribution in [0.2, 0.25) is 0 Å². The summed E-state index contributed by atoms with van der Waals surface area (Å²) >= 11 is 0. The van der Waals surface area contributed by atoms with E-state index in [2.05, 4.69) is 26.8 Å². The first-order valence-corrected chi connectivity index (χ1v) is 9.01. The molecule has 0 radical (unpaired) electrons. The first-order chi connectivity index (χ1) is 11.8. The molecule has 0 saturated carbocycles. The molecule has 1 aliphatic heterocycles. The van der Waals surface area contributed by atoms with Crippen LogP contribution in [-0.2, 0) is 11.3 Å². The highest BCUT2D eigenvalue weighted by Gasteiger charge is 2.23. The van der Waals surface area contributed by atoms with E-state index in [4.69, 9.17) is 4.42 Å². The predicted molar refractivity (Wildman–Crippen MR) is 98.0 cm³/mol. The van der Waals surface area contributed by atoms with Crippen molar-refractivity contribution in [1.29, 1.82) is 0 Å². The van der Waals surface area contributed by atoms with E-state index in [0.717, 1.165) is 49.2 Å². The Hall–Kier alpha value is -2.14. The minimum absolute atomic E-state index is 0.141. The van der Waals surface area contributed by atoms with Crippen molar-refractivity contribution in [2.24, 2.45) is 0 Å². The number of aryl methyl sites for hydroxylation is 1. The molecule has 0 unspecified atom stereocenters. The van der Waals surface area contributed by atoms with Gasteiger partial charge in [-0.25, -0.2) is 4.79 Å². The summed E-state index contributed by atoms with van der Waals surface area (Å²) in [6.45, 7) is 12.2. The first-order valence-electron chi connectivity index (χ1n) is 9.01. The lowest BCUT2D eigenvalue weighted by Gasteiger charge is -2.31. The molecule has 1 saturated heterocycles. The summed E-state index contributed by atoms with van der Waals surface area (Å²) in [5.41, 5.74) is 3.87. The summed E-state index contributed by atoms with van der Waals surface area (Å²) in [7, 11) is 0. The number of amides is 1. The molecule has 2 aromatic rings. The van der Waals surface area contributed by atoms with Crippen LogP contribution in [0.1, 0.15) is 43.4 Å². The molecule has 1 fully saturated rings. The van der Waals surface area contributed by atoms with Gasteiger partial charge in [0.05, 0.1) is 26.2 Å². The molecule has 1 amide bonds. The molecule has 0 spiro atoms. The highest BCUT2D eigenvalue weighted by atomic mass is 16.4. The number of benzene rings is 1. The first kappa shape index (κ1) is 17.7. The molecule has 0 bridgehead atoms. The second-order valence-corrected chi connectivity index (χ2v) is 7.38. The van der Waals surface area contributed by atoms with E-state index in [1.165, 1.54) is 10.5 Å². The molecule has 1 aliphatic rings. The molecule has 5 nitrogen and oxygen atoms in total. The van der Waals surface area contributed by atoms with E-state index in [-0.39, 0.29) is 11.5 Å². The molecule has 3 rings (SSSR count). The Labute approximate surface area is 148 Å². The molecule has 1 N–H and O–H groups in total. The van der Waals surface area contributed by atoms with Crippen LogP contribution < -0.4 is 10.5 Å². The molecular formula is C20H27N2O3+. The van der Waals surface area contributed by atoms with Gasteiger partial charge < -0.3 is 14.2 Å². The van der Waals surface area contributed by atoms with Crippen molar-refractivity contribution >= 4 is 16.9 Å². The fourth-order valence-corrected chi connectivity index (χ4v) is 3.74. The van der Waals surface area contributed by atoms with Crippen LogP contribution in [0.4, 0.5) is 0 Å². The van der Waals surface area contributed by atoms with Crippen molar-refractivity contribution in [3.63, 3.8) is 0 Å². The zero-order valence-electron chi connectivity index (χ0n) is 15.5. The molecule has 25 heavy (non-hydrogen) atoms. The van der Waals surface area contributed by atoms with Crippen LogP contribution in [0.3, 0.4) is 0 Å². The highest BCUT2D eigenvalue weighted by molar-refractivity contribution is 5.82. The van der Waals surface area contributed by atoms with Crippen molar-refractivity contribution in [3.05, 3.63) is 45.3 Å². The minimum atomic E-state index is -0.291. The number of fused-ring (bicyclic) bond motifs is 1. The van der Waals surface area contributed by atoms with Crippen LogP contribution in [0.15, 0.2) is 27.4 Å². The number of quaternary nitrogens is 1. The maximum absolute atomic E-state index is 12.0. The van der Waals surface area contributed by atoms with E-state index in [9.17, 15) is 9.59 Å². The van der Waals surface area contributed by atoms with E-state index in [1.807, 2.05) is 11.0 Å². The average Bonchev–Trinajstić information content (AvgIpc) is 2.54. The van der Waals surface area contributed by atoms with E-state index >= 15 is 0 Å². The number of rotatable bonds is 3. The van der Waals surface area contributed by atoms with Gasteiger partial charge in [-0.05, 0) is 36.1 Å². The highest BCUT2D eigenvalue weighted by Crippen LogP contribution is 2.26. The van der Waals surface area contributed by atoms with Crippen LogP contribution in [0.5, 0.6) is 0 Å². The summed E-state index contributed by atoms with van der Waals surface area (Å²) < 4.78 is 5.44. The van der Waals surface area contributed by atoms with Crippen molar-refractivity contribution < 1.29 is 14.1 Å². The summed E-state index contributed by atoms with van der Waals surface area (Å²) in [6.07, 6.45) is 0. The van der Waals surface area contributed by atoms with Crippen molar-refractivity contribution in [3.8, 4) is 0 Å². The maximum Gasteiger partial charge on any atom is 0.336 e. The number of piperazine rings is 1. The number of carbonyl (C=O) groups excluding carboxylic acids is 1. The van der Waals surface area contributed by atoms with E-state index in [1.54, 1.807) is 13.0 Å². The fourth-order valence-electron chi connectivity index (χ4n) is 3.74. The van der Waals surface area contributed by atoms with E-state index < -0.39 is 0 Å². The zero-order valence-corrected chi connectivity index (χ0v) is 15.5. The number of hydrogen-bond acceptors (Lipinski definition) is 3. The monoisotopic (exact) mass is 343 g/mol. The smallest absolute Gasteiger partial charge is 0.336 e. The third kappa shape index (κ3) is 3.76. The Morgan fingerprint density at radius 1 is 1.24 bits per heavy atom. The van der Waals surface area contributed by atoms with Gasteiger partial charge in [-0.2, -0.15) is 0 Å². The predicted octanol–water partition coefficient (Wildman–Crippen LogP) is 1.47. The largest absolute Gasteiger partial charge is 0.423 e. The van der Waals surface area contributed by atoms with E-state index in [0.29, 0.717) is 11.5 Å². The van der Waals surface area contributed by atoms with Gasteiger partial charge in [-0.15, -0.1) is 0 Å². The summed E-state index contributed by atoms with van der Waals surface area (Å²) in [5, 5.41) is 1.04. The lowest BCUT2D eigenvalue weighted by Crippen LogP contribution is -3.13. The van der Waals surface area contributed by atoms with Gasteiger partial charge in [0, 0.05) is 23.9 Å². The second-order valence-electron chi connectivity index (χ2n) is 7.38. The SMILES string of the molecule is CC(=O)N1CC[NH+](Cc2cc(=O)oc3cc(C)c(C(C)C)cc23)CC1. The third-order valence-electron chi connectivity index (χ3n) is 5.20. The van der Waals surface area contributed by atoms with Crippen LogP contribution in [-0.4, -0.2) is 37.0 Å². The Kier molecular flexibility index (Phi) is 4.95. The Morgan fingerprint density at radius 2 is 1.92 bits per heavy atom. The molecule has 1 aromatic heterocycles. The molecule has 0 atom stereocenters. The molecule has 1 aromatic carbocycles. The van der Waals surface area contributed by atoms with Crippen molar-refractivity contribution in [1.82, 2.24) is 4.90 Å². The normalized spacial score (nSPS) is 16.0. The molecular weight excluding hydrogens is 316 g/mol. The summed E-state index contributed by atoms with van der Waals surface area (Å²) in [6, 6.07) is 5.80. The summed E-state index contributed by atoms with van der Waals surface area (Å²) in [5.74, 6) is 0.567. The lowest BCUT2D eigenvalue weighted by atomic mass is 9.95. The van der Waals surface area contributed by atoms with Crippen molar-refractivity contribution in [2.45, 2.75) is 40.2 Å². The summed E-state index contributed by atoms with van der Waals surface area (Å²) in [4.78, 5) is 26.8. The van der Waals surface area contributed by atoms with Crippen LogP contribution >= 0.6 is 0 Å². The van der Waals surface area contributed by atoms with Gasteiger partial charge in [0.1, 0.15) is 12.1 Å². The molecule has 5 heteroatoms. The van der Waals surface area contributed by atoms with Gasteiger partial charge in [0.2, 0.25) is 5.91 Å². The standard InChI is InChI=1S/C20H26N2O3/c1-13(2)17-11-18-16(10-20(24)25-19(18)9-14(17)3)12-21-5-7-22(8-6-21)15(4)23/h9-11,13H,5-8,12H2,1-4H3/p+1. The van der Waals surface area contributed by atoms with Crippen molar-refractivity contribution in [2.75, 3.05) is 26.2 Å². The van der Waals surface area contributed by atoms with Gasteiger partial charge in [-0.3, -0.25) is 4.79 Å². The Morgan fingerprint density at radius 3 is 2.52 bits per heavy atom. The minimum Gasteiger partial charge on any atom is -0.423 e. The maximum atomic E-state index is 12.0. The molecule has 0 aliphatic carbocycles. The lowest BCUT2D eigenvalue weighted by molar-refractivity contribution is -0.917. The van der Waals surface area contributed by atoms with Gasteiger partial charge in [0.15, 0.2) is 0 Å². The Bertz CT molecular complexity index is 846.